The van der Waals surface area contributed by atoms with E-state index in [9.17, 15) is 40.2 Å². The molecule has 3 aliphatic heterocycles. The van der Waals surface area contributed by atoms with Gasteiger partial charge in [-0.1, -0.05) is 30.3 Å². The van der Waals surface area contributed by atoms with Crippen LogP contribution in [-0.4, -0.2) is 89.4 Å². The fourth-order valence-electron chi connectivity index (χ4n) is 5.47. The highest BCUT2D eigenvalue weighted by Crippen LogP contribution is 2.38. The van der Waals surface area contributed by atoms with E-state index in [1.807, 2.05) is 12.1 Å². The van der Waals surface area contributed by atoms with E-state index >= 15 is 0 Å². The predicted molar refractivity (Wildman–Crippen MR) is 138 cm³/mol. The zero-order valence-corrected chi connectivity index (χ0v) is 21.6. The summed E-state index contributed by atoms with van der Waals surface area (Å²) < 4.78 is 11.6. The minimum atomic E-state index is -1.95. The largest absolute Gasteiger partial charge is 0.458 e. The van der Waals surface area contributed by atoms with Crippen LogP contribution < -0.4 is 5.56 Å². The first kappa shape index (κ1) is 27.4. The normalized spacial score (nSPS) is 29.6. The molecule has 41 heavy (non-hydrogen) atoms. The van der Waals surface area contributed by atoms with Gasteiger partial charge in [0.05, 0.1) is 35.2 Å². The molecule has 0 aliphatic carbocycles. The van der Waals surface area contributed by atoms with Gasteiger partial charge < -0.3 is 49.5 Å². The number of carbonyl (C=O) groups is 1. The van der Waals surface area contributed by atoms with Crippen molar-refractivity contribution in [2.24, 2.45) is 5.16 Å². The van der Waals surface area contributed by atoms with Crippen LogP contribution in [0.3, 0.4) is 0 Å². The van der Waals surface area contributed by atoms with Crippen LogP contribution in [-0.2, 0) is 37.9 Å². The first-order valence-electron chi connectivity index (χ1n) is 12.9. The van der Waals surface area contributed by atoms with Crippen LogP contribution in [0, 0.1) is 0 Å². The standard InChI is InChI=1S/C27H27N3O11/c1-2-27(38)15-7-16-18-13(9-30(16)23(34)14(15)10-39-26(27)37)6-11-4-3-5-12(17(11)29-18)8-28-41-25(36)22-20(32)19(31)21(33)24(35)40-22/h3-8,19-22,24-25,31-33,35-36,38H,2,9-10H2,1H3/b28-8+/t19-,20+,21+,22+,24?,25?,27-/m0/s1. The molecule has 0 amide bonds. The molecule has 1 aromatic carbocycles. The van der Waals surface area contributed by atoms with Crippen molar-refractivity contribution in [3.8, 4) is 11.4 Å². The molecule has 0 spiro atoms. The van der Waals surface area contributed by atoms with E-state index in [2.05, 4.69) is 5.16 Å². The van der Waals surface area contributed by atoms with Crippen LogP contribution in [0.25, 0.3) is 22.3 Å². The van der Waals surface area contributed by atoms with Gasteiger partial charge in [-0.15, -0.1) is 0 Å². The monoisotopic (exact) mass is 569 g/mol. The van der Waals surface area contributed by atoms with Crippen molar-refractivity contribution >= 4 is 23.1 Å². The lowest BCUT2D eigenvalue weighted by molar-refractivity contribution is -0.323. The molecule has 5 heterocycles. The molecule has 216 valence electrons. The Hall–Kier alpha value is -3.76. The van der Waals surface area contributed by atoms with E-state index < -0.39 is 48.6 Å². The summed E-state index contributed by atoms with van der Waals surface area (Å²) >= 11 is 0. The van der Waals surface area contributed by atoms with E-state index in [1.165, 1.54) is 10.8 Å². The lowest BCUT2D eigenvalue weighted by Crippen LogP contribution is -2.60. The second-order valence-electron chi connectivity index (χ2n) is 10.2. The third-order valence-corrected chi connectivity index (χ3v) is 7.84. The maximum Gasteiger partial charge on any atom is 0.343 e. The Balaban J connectivity index is 1.33. The molecule has 6 N–H and O–H groups in total. The van der Waals surface area contributed by atoms with Gasteiger partial charge >= 0.3 is 5.97 Å². The number of benzene rings is 1. The van der Waals surface area contributed by atoms with Crippen molar-refractivity contribution in [1.82, 2.24) is 9.55 Å². The molecule has 3 aliphatic rings. The predicted octanol–water partition coefficient (Wildman–Crippen LogP) is -1.45. The van der Waals surface area contributed by atoms with Crippen molar-refractivity contribution in [3.63, 3.8) is 0 Å². The zero-order valence-electron chi connectivity index (χ0n) is 21.6. The Bertz CT molecular complexity index is 1640. The van der Waals surface area contributed by atoms with Gasteiger partial charge in [-0.25, -0.2) is 9.78 Å². The number of hydrogen-bond donors (Lipinski definition) is 6. The lowest BCUT2D eigenvalue weighted by atomic mass is 9.86. The fourth-order valence-corrected chi connectivity index (χ4v) is 5.47. The number of rotatable bonds is 5. The van der Waals surface area contributed by atoms with E-state index in [1.54, 1.807) is 25.1 Å². The summed E-state index contributed by atoms with van der Waals surface area (Å²) in [6, 6.07) is 8.71. The first-order valence-corrected chi connectivity index (χ1v) is 12.9. The Labute approximate surface area is 231 Å². The van der Waals surface area contributed by atoms with Gasteiger partial charge in [-0.05, 0) is 18.6 Å². The van der Waals surface area contributed by atoms with Gasteiger partial charge in [0.15, 0.2) is 18.0 Å². The number of nitrogens with zero attached hydrogens (tertiary/aromatic N) is 3. The quantitative estimate of drug-likeness (QED) is 0.0705. The van der Waals surface area contributed by atoms with Gasteiger partial charge in [0.1, 0.15) is 24.9 Å². The number of cyclic esters (lactones) is 1. The first-order chi connectivity index (χ1) is 19.5. The number of aliphatic hydroxyl groups is 6. The molecule has 6 rings (SSSR count). The minimum absolute atomic E-state index is 0.0215. The van der Waals surface area contributed by atoms with Crippen molar-refractivity contribution in [2.75, 3.05) is 0 Å². The SMILES string of the molecule is CC[C@@]1(O)C(=O)OCc2c1cc1n(c2=O)Cc2cc3cccc(/C=N/OC(O)[C@@H]4OC(O)[C@H](O)[C@@H](O)[C@H]4O)c3nc2-1. The van der Waals surface area contributed by atoms with Crippen molar-refractivity contribution in [1.29, 1.82) is 0 Å². The van der Waals surface area contributed by atoms with Crippen LogP contribution in [0.5, 0.6) is 0 Å². The van der Waals surface area contributed by atoms with Gasteiger partial charge in [-0.2, -0.15) is 0 Å². The Kier molecular flexibility index (Phi) is 6.66. The molecule has 1 saturated heterocycles. The van der Waals surface area contributed by atoms with Gasteiger partial charge in [-0.3, -0.25) is 4.79 Å². The summed E-state index contributed by atoms with van der Waals surface area (Å²) in [6.45, 7) is 1.64. The van der Waals surface area contributed by atoms with E-state index in [4.69, 9.17) is 19.3 Å². The number of aromatic nitrogens is 2. The minimum Gasteiger partial charge on any atom is -0.458 e. The highest BCUT2D eigenvalue weighted by atomic mass is 16.7. The van der Waals surface area contributed by atoms with Crippen LogP contribution in [0.15, 0.2) is 40.3 Å². The third-order valence-electron chi connectivity index (χ3n) is 7.84. The summed E-state index contributed by atoms with van der Waals surface area (Å²) in [5.41, 5.74) is 0.716. The van der Waals surface area contributed by atoms with E-state index in [-0.39, 0.29) is 36.3 Å². The van der Waals surface area contributed by atoms with Gasteiger partial charge in [0.2, 0.25) is 0 Å². The van der Waals surface area contributed by atoms with Gasteiger partial charge in [0.25, 0.3) is 11.8 Å². The molecular formula is C27H27N3O11. The molecule has 14 heteroatoms. The van der Waals surface area contributed by atoms with Crippen molar-refractivity contribution in [2.45, 2.75) is 69.1 Å². The number of oxime groups is 1. The maximum atomic E-state index is 13.4. The molecule has 0 bridgehead atoms. The number of pyridine rings is 2. The number of carbonyl (C=O) groups excluding carboxylic acids is 1. The number of fused-ring (bicyclic) bond motifs is 5. The second-order valence-corrected chi connectivity index (χ2v) is 10.2. The Morgan fingerprint density at radius 2 is 1.98 bits per heavy atom. The molecule has 0 saturated carbocycles. The summed E-state index contributed by atoms with van der Waals surface area (Å²) in [5, 5.41) is 65.0. The summed E-state index contributed by atoms with van der Waals surface area (Å²) in [5.74, 6) is -0.812. The zero-order chi connectivity index (χ0) is 29.2. The highest BCUT2D eigenvalue weighted by molar-refractivity contribution is 5.98. The molecule has 2 unspecified atom stereocenters. The molecule has 2 aromatic heterocycles. The third kappa shape index (κ3) is 4.23. The van der Waals surface area contributed by atoms with Crippen molar-refractivity contribution < 1.29 is 49.7 Å². The number of para-hydroxylation sites is 1. The topological polar surface area (TPSA) is 213 Å². The van der Waals surface area contributed by atoms with E-state index in [0.29, 0.717) is 27.9 Å². The van der Waals surface area contributed by atoms with Crippen LogP contribution in [0.4, 0.5) is 0 Å². The lowest BCUT2D eigenvalue weighted by Gasteiger charge is -2.39. The molecular weight excluding hydrogens is 542 g/mol. The van der Waals surface area contributed by atoms with Crippen LogP contribution in [0.2, 0.25) is 0 Å². The van der Waals surface area contributed by atoms with Gasteiger partial charge in [0, 0.05) is 22.1 Å². The number of esters is 1. The molecule has 14 nitrogen and oxygen atoms in total. The summed E-state index contributed by atoms with van der Waals surface area (Å²) in [7, 11) is 0. The maximum absolute atomic E-state index is 13.4. The van der Waals surface area contributed by atoms with E-state index in [0.717, 1.165) is 5.56 Å². The summed E-state index contributed by atoms with van der Waals surface area (Å²) in [4.78, 5) is 35.5. The fraction of sp³-hybridized carbons (Fsp3) is 0.407. The molecule has 7 atom stereocenters. The van der Waals surface area contributed by atoms with Crippen molar-refractivity contribution in [3.05, 3.63) is 62.9 Å². The highest BCUT2D eigenvalue weighted by Gasteiger charge is 2.47. The smallest absolute Gasteiger partial charge is 0.343 e. The number of aliphatic hydroxyl groups excluding tert-OH is 5. The number of ether oxygens (including phenoxy) is 2. The average molecular weight is 570 g/mol. The van der Waals surface area contributed by atoms with Crippen LogP contribution in [0.1, 0.15) is 35.6 Å². The molecule has 3 aromatic rings. The summed E-state index contributed by atoms with van der Waals surface area (Å²) in [6.07, 6.45) is -9.40. The average Bonchev–Trinajstić information content (AvgIpc) is 3.32. The molecule has 0 radical (unpaired) electrons. The van der Waals surface area contributed by atoms with Crippen LogP contribution >= 0.6 is 0 Å². The Morgan fingerprint density at radius 1 is 1.20 bits per heavy atom. The second kappa shape index (κ2) is 9.95. The molecule has 1 fully saturated rings. The number of hydrogen-bond acceptors (Lipinski definition) is 13. The Morgan fingerprint density at radius 3 is 2.73 bits per heavy atom.